The van der Waals surface area contributed by atoms with Crippen LogP contribution in [0.5, 0.6) is 0 Å². The SMILES string of the molecule is Cc1ccc(S(=O)(=O)N(CC(=O)Nc2ccc(S(=O)(=O)Nc3cccc(Cl)c3Cl)cc2)c2ccc(C)c(C)c2)cc1. The molecule has 0 bridgehead atoms. The highest BCUT2D eigenvalue weighted by molar-refractivity contribution is 7.93. The Morgan fingerprint density at radius 1 is 0.780 bits per heavy atom. The maximum atomic E-state index is 13.6. The molecule has 0 saturated heterocycles. The summed E-state index contributed by atoms with van der Waals surface area (Å²) in [5.74, 6) is -0.613. The molecule has 214 valence electrons. The van der Waals surface area contributed by atoms with E-state index in [9.17, 15) is 21.6 Å². The molecule has 1 amide bonds. The molecular weight excluding hydrogens is 605 g/mol. The van der Waals surface area contributed by atoms with Crippen LogP contribution in [0.1, 0.15) is 16.7 Å². The van der Waals surface area contributed by atoms with Crippen molar-refractivity contribution in [3.05, 3.63) is 112 Å². The summed E-state index contributed by atoms with van der Waals surface area (Å²) in [6.45, 7) is 5.12. The van der Waals surface area contributed by atoms with Crippen LogP contribution in [-0.4, -0.2) is 29.3 Å². The van der Waals surface area contributed by atoms with Crippen molar-refractivity contribution in [3.8, 4) is 0 Å². The fraction of sp³-hybridized carbons (Fsp3) is 0.138. The van der Waals surface area contributed by atoms with Crippen molar-refractivity contribution in [2.24, 2.45) is 0 Å². The summed E-state index contributed by atoms with van der Waals surface area (Å²) in [5.41, 5.74) is 3.50. The van der Waals surface area contributed by atoms with E-state index < -0.39 is 32.5 Å². The van der Waals surface area contributed by atoms with Gasteiger partial charge in [0.1, 0.15) is 6.54 Å². The fourth-order valence-corrected chi connectivity index (χ4v) is 6.76. The number of amides is 1. The highest BCUT2D eigenvalue weighted by Gasteiger charge is 2.27. The Morgan fingerprint density at radius 3 is 2.05 bits per heavy atom. The number of hydrogen-bond acceptors (Lipinski definition) is 5. The van der Waals surface area contributed by atoms with Crippen LogP contribution in [0.15, 0.2) is 94.7 Å². The van der Waals surface area contributed by atoms with Crippen molar-refractivity contribution in [2.45, 2.75) is 30.6 Å². The van der Waals surface area contributed by atoms with Gasteiger partial charge < -0.3 is 5.32 Å². The van der Waals surface area contributed by atoms with E-state index in [2.05, 4.69) is 10.0 Å². The van der Waals surface area contributed by atoms with Crippen molar-refractivity contribution in [1.82, 2.24) is 0 Å². The number of benzene rings is 4. The molecular formula is C29H27Cl2N3O5S2. The largest absolute Gasteiger partial charge is 0.325 e. The molecule has 2 N–H and O–H groups in total. The van der Waals surface area contributed by atoms with Gasteiger partial charge in [-0.15, -0.1) is 0 Å². The van der Waals surface area contributed by atoms with Gasteiger partial charge in [-0.2, -0.15) is 0 Å². The van der Waals surface area contributed by atoms with Gasteiger partial charge in [-0.05, 0) is 92.6 Å². The Morgan fingerprint density at radius 2 is 1.41 bits per heavy atom. The van der Waals surface area contributed by atoms with Gasteiger partial charge in [-0.3, -0.25) is 13.8 Å². The Kier molecular flexibility index (Phi) is 8.98. The summed E-state index contributed by atoms with van der Waals surface area (Å²) >= 11 is 12.1. The van der Waals surface area contributed by atoms with Gasteiger partial charge in [0.15, 0.2) is 0 Å². The lowest BCUT2D eigenvalue weighted by atomic mass is 10.1. The van der Waals surface area contributed by atoms with E-state index in [1.54, 1.807) is 36.4 Å². The van der Waals surface area contributed by atoms with Crippen LogP contribution in [0, 0.1) is 20.8 Å². The van der Waals surface area contributed by atoms with Crippen LogP contribution >= 0.6 is 23.2 Å². The number of hydrogen-bond donors (Lipinski definition) is 2. The molecule has 4 rings (SSSR count). The molecule has 0 radical (unpaired) electrons. The number of carbonyl (C=O) groups excluding carboxylic acids is 1. The second-order valence-corrected chi connectivity index (χ2v) is 13.7. The second kappa shape index (κ2) is 12.1. The topological polar surface area (TPSA) is 113 Å². The van der Waals surface area contributed by atoms with Crippen molar-refractivity contribution in [1.29, 1.82) is 0 Å². The second-order valence-electron chi connectivity index (χ2n) is 9.37. The molecule has 0 aliphatic carbocycles. The predicted molar refractivity (Wildman–Crippen MR) is 164 cm³/mol. The number of sulfonamides is 2. The molecule has 4 aromatic carbocycles. The molecule has 0 spiro atoms. The Labute approximate surface area is 250 Å². The van der Waals surface area contributed by atoms with E-state index in [4.69, 9.17) is 23.2 Å². The average Bonchev–Trinajstić information content (AvgIpc) is 2.92. The first-order valence-electron chi connectivity index (χ1n) is 12.3. The minimum atomic E-state index is -4.09. The van der Waals surface area contributed by atoms with Gasteiger partial charge in [0.25, 0.3) is 20.0 Å². The highest BCUT2D eigenvalue weighted by Crippen LogP contribution is 2.31. The van der Waals surface area contributed by atoms with Crippen molar-refractivity contribution in [2.75, 3.05) is 20.9 Å². The Balaban J connectivity index is 1.55. The van der Waals surface area contributed by atoms with Gasteiger partial charge in [0.05, 0.1) is 31.2 Å². The molecule has 0 atom stereocenters. The molecule has 0 aliphatic rings. The minimum Gasteiger partial charge on any atom is -0.325 e. The lowest BCUT2D eigenvalue weighted by molar-refractivity contribution is -0.114. The van der Waals surface area contributed by atoms with Crippen LogP contribution < -0.4 is 14.3 Å². The number of aryl methyl sites for hydroxylation is 3. The third-order valence-corrected chi connectivity index (χ3v) is 10.3. The number of anilines is 3. The quantitative estimate of drug-likeness (QED) is 0.217. The highest BCUT2D eigenvalue weighted by atomic mass is 35.5. The molecule has 0 unspecified atom stereocenters. The van der Waals surface area contributed by atoms with Crippen LogP contribution in [-0.2, 0) is 24.8 Å². The summed E-state index contributed by atoms with van der Waals surface area (Å²) in [4.78, 5) is 13.1. The summed E-state index contributed by atoms with van der Waals surface area (Å²) < 4.78 is 56.4. The lowest BCUT2D eigenvalue weighted by Crippen LogP contribution is -2.38. The van der Waals surface area contributed by atoms with Crippen molar-refractivity contribution < 1.29 is 21.6 Å². The Bertz CT molecular complexity index is 1810. The third-order valence-electron chi connectivity index (χ3n) is 6.32. The van der Waals surface area contributed by atoms with Gasteiger partial charge in [0.2, 0.25) is 5.91 Å². The molecule has 8 nitrogen and oxygen atoms in total. The molecule has 41 heavy (non-hydrogen) atoms. The number of carbonyl (C=O) groups is 1. The van der Waals surface area contributed by atoms with Gasteiger partial charge in [0, 0.05) is 5.69 Å². The van der Waals surface area contributed by atoms with Crippen molar-refractivity contribution >= 4 is 66.2 Å². The van der Waals surface area contributed by atoms with Gasteiger partial charge in [-0.1, -0.05) is 53.0 Å². The molecule has 0 aliphatic heterocycles. The smallest absolute Gasteiger partial charge is 0.264 e. The predicted octanol–water partition coefficient (Wildman–Crippen LogP) is 6.55. The first kappa shape index (κ1) is 30.4. The molecule has 0 saturated carbocycles. The average molecular weight is 633 g/mol. The van der Waals surface area contributed by atoms with Crippen molar-refractivity contribution in [3.63, 3.8) is 0 Å². The standard InChI is InChI=1S/C29H27Cl2N3O5S2/c1-19-7-13-25(14-8-19)41(38,39)34(23-12-9-20(2)21(3)17-23)18-28(35)32-22-10-15-24(16-11-22)40(36,37)33-27-6-4-5-26(30)29(27)31/h4-17,33H,18H2,1-3H3,(H,32,35). The normalized spacial score (nSPS) is 11.6. The van der Waals surface area contributed by atoms with Crippen LogP contribution in [0.4, 0.5) is 17.1 Å². The summed E-state index contributed by atoms with van der Waals surface area (Å²) in [7, 11) is -8.09. The van der Waals surface area contributed by atoms with Crippen LogP contribution in [0.2, 0.25) is 10.0 Å². The summed E-state index contributed by atoms with van der Waals surface area (Å²) in [6.07, 6.45) is 0. The molecule has 4 aromatic rings. The van der Waals surface area contributed by atoms with E-state index in [1.807, 2.05) is 20.8 Å². The molecule has 0 fully saturated rings. The lowest BCUT2D eigenvalue weighted by Gasteiger charge is -2.25. The maximum Gasteiger partial charge on any atom is 0.264 e. The first-order chi connectivity index (χ1) is 19.3. The van der Waals surface area contributed by atoms with E-state index in [1.165, 1.54) is 48.5 Å². The van der Waals surface area contributed by atoms with E-state index in [0.29, 0.717) is 5.69 Å². The van der Waals surface area contributed by atoms with E-state index >= 15 is 0 Å². The Hall–Kier alpha value is -3.57. The van der Waals surface area contributed by atoms with E-state index in [-0.39, 0.29) is 31.2 Å². The maximum absolute atomic E-state index is 13.6. The van der Waals surface area contributed by atoms with E-state index in [0.717, 1.165) is 21.0 Å². The summed E-state index contributed by atoms with van der Waals surface area (Å²) in [5, 5.41) is 2.91. The number of halogens is 2. The zero-order valence-electron chi connectivity index (χ0n) is 22.4. The minimum absolute atomic E-state index is 0.0518. The zero-order chi connectivity index (χ0) is 29.9. The molecule has 12 heteroatoms. The number of nitrogens with zero attached hydrogens (tertiary/aromatic N) is 1. The zero-order valence-corrected chi connectivity index (χ0v) is 25.5. The van der Waals surface area contributed by atoms with Gasteiger partial charge in [-0.25, -0.2) is 16.8 Å². The van der Waals surface area contributed by atoms with Gasteiger partial charge >= 0.3 is 0 Å². The molecule has 0 heterocycles. The number of nitrogens with one attached hydrogen (secondary N) is 2. The summed E-state index contributed by atoms with van der Waals surface area (Å²) in [6, 6.07) is 21.5. The fourth-order valence-electron chi connectivity index (χ4n) is 3.87. The van der Waals surface area contributed by atoms with Crippen LogP contribution in [0.25, 0.3) is 0 Å². The molecule has 0 aromatic heterocycles. The monoisotopic (exact) mass is 631 g/mol. The first-order valence-corrected chi connectivity index (χ1v) is 16.0. The number of rotatable bonds is 9. The van der Waals surface area contributed by atoms with Crippen LogP contribution in [0.3, 0.4) is 0 Å². The third kappa shape index (κ3) is 7.02.